The van der Waals surface area contributed by atoms with Gasteiger partial charge in [-0.2, -0.15) is 0 Å². The van der Waals surface area contributed by atoms with E-state index in [4.69, 9.17) is 10.8 Å². The summed E-state index contributed by atoms with van der Waals surface area (Å²) < 4.78 is 0. The van der Waals surface area contributed by atoms with Gasteiger partial charge in [-0.15, -0.1) is 0 Å². The van der Waals surface area contributed by atoms with E-state index in [0.717, 1.165) is 24.8 Å². The Labute approximate surface area is 94.3 Å². The average molecular weight is 217 g/mol. The van der Waals surface area contributed by atoms with E-state index in [2.05, 4.69) is 6.07 Å². The number of carboxylic acids is 1. The van der Waals surface area contributed by atoms with Gasteiger partial charge in [0.2, 0.25) is 0 Å². The third-order valence-corrected chi connectivity index (χ3v) is 4.13. The molecule has 2 atom stereocenters. The van der Waals surface area contributed by atoms with Crippen molar-refractivity contribution >= 4 is 5.97 Å². The van der Waals surface area contributed by atoms with E-state index in [1.54, 1.807) is 0 Å². The van der Waals surface area contributed by atoms with Gasteiger partial charge in [0.05, 0.1) is 0 Å². The first-order valence-electron chi connectivity index (χ1n) is 5.70. The molecule has 0 radical (unpaired) electrons. The van der Waals surface area contributed by atoms with Gasteiger partial charge >= 0.3 is 5.97 Å². The minimum absolute atomic E-state index is 0.0150. The maximum atomic E-state index is 11.1. The molecule has 0 amide bonds. The minimum Gasteiger partial charge on any atom is -0.480 e. The van der Waals surface area contributed by atoms with E-state index in [1.165, 1.54) is 5.56 Å². The Morgan fingerprint density at radius 3 is 2.75 bits per heavy atom. The van der Waals surface area contributed by atoms with Crippen LogP contribution in [-0.2, 0) is 11.2 Å². The molecule has 2 aliphatic carbocycles. The predicted molar refractivity (Wildman–Crippen MR) is 60.2 cm³/mol. The lowest BCUT2D eigenvalue weighted by Crippen LogP contribution is -2.39. The first-order chi connectivity index (χ1) is 7.64. The van der Waals surface area contributed by atoms with Crippen molar-refractivity contribution in [2.45, 2.75) is 31.2 Å². The van der Waals surface area contributed by atoms with Crippen LogP contribution in [0.2, 0.25) is 0 Å². The Morgan fingerprint density at radius 2 is 2.12 bits per heavy atom. The molecule has 1 aromatic rings. The molecule has 1 unspecified atom stereocenters. The fourth-order valence-corrected chi connectivity index (χ4v) is 3.18. The number of hydrogen-bond donors (Lipinski definition) is 2. The van der Waals surface area contributed by atoms with Crippen LogP contribution < -0.4 is 5.73 Å². The Balaban J connectivity index is 2.05. The summed E-state index contributed by atoms with van der Waals surface area (Å²) in [5.74, 6) is -0.867. The maximum Gasteiger partial charge on any atom is 0.321 e. The molecule has 0 heterocycles. The second-order valence-electron chi connectivity index (χ2n) is 5.08. The normalized spacial score (nSPS) is 26.4. The van der Waals surface area contributed by atoms with Crippen LogP contribution in [0, 0.1) is 5.41 Å². The summed E-state index contributed by atoms with van der Waals surface area (Å²) in [7, 11) is 0. The Kier molecular flexibility index (Phi) is 1.89. The molecule has 2 aliphatic rings. The number of fused-ring (bicyclic) bond motifs is 1. The predicted octanol–water partition coefficient (Wildman–Crippen LogP) is 1.52. The Hall–Kier alpha value is -1.35. The standard InChI is InChI=1S/C13H15NO2/c14-11(12(15)16)10-9-4-2-1-3-8(9)7-13(10)5-6-13/h1-4,10-11H,5-7,14H2,(H,15,16)/t10?,11-/m0/s1. The smallest absolute Gasteiger partial charge is 0.321 e. The van der Waals surface area contributed by atoms with Gasteiger partial charge in [-0.05, 0) is 35.8 Å². The molecule has 3 heteroatoms. The van der Waals surface area contributed by atoms with Gasteiger partial charge in [0.25, 0.3) is 0 Å². The molecule has 1 spiro atoms. The fourth-order valence-electron chi connectivity index (χ4n) is 3.18. The molecule has 3 rings (SSSR count). The largest absolute Gasteiger partial charge is 0.480 e. The maximum absolute atomic E-state index is 11.1. The molecule has 0 aliphatic heterocycles. The van der Waals surface area contributed by atoms with Gasteiger partial charge < -0.3 is 10.8 Å². The van der Waals surface area contributed by atoms with E-state index in [9.17, 15) is 4.79 Å². The van der Waals surface area contributed by atoms with Crippen molar-refractivity contribution in [1.29, 1.82) is 0 Å². The molecule has 0 saturated heterocycles. The summed E-state index contributed by atoms with van der Waals surface area (Å²) in [5, 5.41) is 9.10. The van der Waals surface area contributed by atoms with Crippen molar-refractivity contribution < 1.29 is 9.90 Å². The molecule has 0 aromatic heterocycles. The molecule has 1 saturated carbocycles. The molecule has 0 bridgehead atoms. The van der Waals surface area contributed by atoms with E-state index >= 15 is 0 Å². The first kappa shape index (κ1) is 9.85. The minimum atomic E-state index is -0.882. The van der Waals surface area contributed by atoms with Crippen LogP contribution in [0.5, 0.6) is 0 Å². The van der Waals surface area contributed by atoms with E-state index in [-0.39, 0.29) is 11.3 Å². The van der Waals surface area contributed by atoms with Crippen molar-refractivity contribution in [3.63, 3.8) is 0 Å². The highest BCUT2D eigenvalue weighted by Crippen LogP contribution is 2.63. The number of carboxylic acid groups (broad SMARTS) is 1. The highest BCUT2D eigenvalue weighted by molar-refractivity contribution is 5.75. The van der Waals surface area contributed by atoms with Gasteiger partial charge in [0.15, 0.2) is 0 Å². The molecule has 1 aromatic carbocycles. The summed E-state index contributed by atoms with van der Waals surface area (Å²) in [4.78, 5) is 11.1. The zero-order valence-corrected chi connectivity index (χ0v) is 9.02. The van der Waals surface area contributed by atoms with Crippen molar-refractivity contribution in [2.75, 3.05) is 0 Å². The van der Waals surface area contributed by atoms with E-state index < -0.39 is 12.0 Å². The van der Waals surface area contributed by atoms with E-state index in [0.29, 0.717) is 0 Å². The molecular weight excluding hydrogens is 202 g/mol. The van der Waals surface area contributed by atoms with Crippen LogP contribution in [0.25, 0.3) is 0 Å². The highest BCUT2D eigenvalue weighted by Gasteiger charge is 2.57. The second kappa shape index (κ2) is 3.08. The van der Waals surface area contributed by atoms with Gasteiger partial charge in [-0.3, -0.25) is 4.79 Å². The number of benzene rings is 1. The number of carbonyl (C=O) groups is 1. The zero-order valence-electron chi connectivity index (χ0n) is 9.02. The fraction of sp³-hybridized carbons (Fsp3) is 0.462. The summed E-state index contributed by atoms with van der Waals surface area (Å²) >= 11 is 0. The van der Waals surface area contributed by atoms with Gasteiger partial charge in [-0.25, -0.2) is 0 Å². The third-order valence-electron chi connectivity index (χ3n) is 4.13. The summed E-state index contributed by atoms with van der Waals surface area (Å²) in [5.41, 5.74) is 8.48. The summed E-state index contributed by atoms with van der Waals surface area (Å²) in [6.07, 6.45) is 3.25. The van der Waals surface area contributed by atoms with Crippen molar-refractivity contribution in [3.8, 4) is 0 Å². The SMILES string of the molecule is N[C@H](C(=O)O)C1c2ccccc2CC12CC2. The monoisotopic (exact) mass is 217 g/mol. The lowest BCUT2D eigenvalue weighted by molar-refractivity contribution is -0.139. The molecule has 3 N–H and O–H groups in total. The highest BCUT2D eigenvalue weighted by atomic mass is 16.4. The van der Waals surface area contributed by atoms with Crippen LogP contribution >= 0.6 is 0 Å². The summed E-state index contributed by atoms with van der Waals surface area (Å²) in [6.45, 7) is 0. The molecule has 1 fully saturated rings. The number of nitrogens with two attached hydrogens (primary N) is 1. The average Bonchev–Trinajstić information content (AvgIpc) is 2.93. The second-order valence-corrected chi connectivity index (χ2v) is 5.08. The van der Waals surface area contributed by atoms with Crippen LogP contribution in [0.15, 0.2) is 24.3 Å². The van der Waals surface area contributed by atoms with Crippen LogP contribution in [0.1, 0.15) is 29.9 Å². The van der Waals surface area contributed by atoms with Gasteiger partial charge in [0.1, 0.15) is 6.04 Å². The molecule has 3 nitrogen and oxygen atoms in total. The molecule has 16 heavy (non-hydrogen) atoms. The van der Waals surface area contributed by atoms with Gasteiger partial charge in [-0.1, -0.05) is 24.3 Å². The topological polar surface area (TPSA) is 63.3 Å². The van der Waals surface area contributed by atoms with Crippen LogP contribution in [0.3, 0.4) is 0 Å². The van der Waals surface area contributed by atoms with Crippen LogP contribution in [-0.4, -0.2) is 17.1 Å². The lowest BCUT2D eigenvalue weighted by atomic mass is 9.83. The number of hydrogen-bond acceptors (Lipinski definition) is 2. The Morgan fingerprint density at radius 1 is 1.44 bits per heavy atom. The summed E-state index contributed by atoms with van der Waals surface area (Å²) in [6, 6.07) is 7.37. The Bertz CT molecular complexity index is 451. The van der Waals surface area contributed by atoms with Gasteiger partial charge in [0, 0.05) is 5.92 Å². The van der Waals surface area contributed by atoms with Crippen LogP contribution in [0.4, 0.5) is 0 Å². The third kappa shape index (κ3) is 1.21. The number of rotatable bonds is 2. The van der Waals surface area contributed by atoms with Crippen molar-refractivity contribution in [1.82, 2.24) is 0 Å². The van der Waals surface area contributed by atoms with Crippen molar-refractivity contribution in [3.05, 3.63) is 35.4 Å². The number of aliphatic carboxylic acids is 1. The first-order valence-corrected chi connectivity index (χ1v) is 5.70. The van der Waals surface area contributed by atoms with Crippen molar-refractivity contribution in [2.24, 2.45) is 11.1 Å². The molecule has 84 valence electrons. The zero-order chi connectivity index (χ0) is 11.3. The van der Waals surface area contributed by atoms with E-state index in [1.807, 2.05) is 18.2 Å². The quantitative estimate of drug-likeness (QED) is 0.789. The molecular formula is C13H15NO2. The lowest BCUT2D eigenvalue weighted by Gasteiger charge is -2.23.